The molecule has 0 spiro atoms. The monoisotopic (exact) mass is 282 g/mol. The summed E-state index contributed by atoms with van der Waals surface area (Å²) < 4.78 is 15.7. The first-order valence-electron chi connectivity index (χ1n) is 5.74. The Morgan fingerprint density at radius 2 is 2.05 bits per heavy atom. The number of rotatable bonds is 3. The van der Waals surface area contributed by atoms with E-state index in [2.05, 4.69) is 10.6 Å². The van der Waals surface area contributed by atoms with E-state index in [0.29, 0.717) is 22.9 Å². The SMILES string of the molecule is COc1cc2c(cc1OC)OCC(NC(=O)O)C(=O)N2. The molecule has 0 radical (unpaired) electrons. The number of amides is 2. The second-order valence-electron chi connectivity index (χ2n) is 4.01. The lowest BCUT2D eigenvalue weighted by atomic mass is 10.2. The average Bonchev–Trinajstić information content (AvgIpc) is 2.56. The number of ether oxygens (including phenoxy) is 3. The maximum Gasteiger partial charge on any atom is 0.405 e. The lowest BCUT2D eigenvalue weighted by Gasteiger charge is -2.12. The molecule has 3 N–H and O–H groups in total. The zero-order valence-corrected chi connectivity index (χ0v) is 10.9. The Morgan fingerprint density at radius 3 is 2.65 bits per heavy atom. The molecule has 1 unspecified atom stereocenters. The fourth-order valence-electron chi connectivity index (χ4n) is 1.80. The minimum atomic E-state index is -1.30. The van der Waals surface area contributed by atoms with Crippen molar-refractivity contribution in [2.75, 3.05) is 26.1 Å². The summed E-state index contributed by atoms with van der Waals surface area (Å²) in [6.07, 6.45) is -1.30. The van der Waals surface area contributed by atoms with Crippen molar-refractivity contribution in [1.29, 1.82) is 0 Å². The van der Waals surface area contributed by atoms with Crippen LogP contribution in [0.5, 0.6) is 17.2 Å². The van der Waals surface area contributed by atoms with Gasteiger partial charge in [-0.25, -0.2) is 4.79 Å². The van der Waals surface area contributed by atoms with E-state index in [9.17, 15) is 9.59 Å². The number of carboxylic acid groups (broad SMARTS) is 1. The van der Waals surface area contributed by atoms with Crippen LogP contribution >= 0.6 is 0 Å². The Kier molecular flexibility index (Phi) is 3.83. The molecule has 0 saturated carbocycles. The van der Waals surface area contributed by atoms with Crippen molar-refractivity contribution in [2.45, 2.75) is 6.04 Å². The molecule has 108 valence electrons. The number of anilines is 1. The van der Waals surface area contributed by atoms with E-state index in [1.54, 1.807) is 12.1 Å². The van der Waals surface area contributed by atoms with Crippen molar-refractivity contribution in [2.24, 2.45) is 0 Å². The maximum absolute atomic E-state index is 11.9. The smallest absolute Gasteiger partial charge is 0.405 e. The zero-order chi connectivity index (χ0) is 14.7. The number of fused-ring (bicyclic) bond motifs is 1. The molecule has 0 fully saturated rings. The fraction of sp³-hybridized carbons (Fsp3) is 0.333. The first kappa shape index (κ1) is 13.8. The lowest BCUT2D eigenvalue weighted by Crippen LogP contribution is -2.45. The van der Waals surface area contributed by atoms with Gasteiger partial charge in [-0.1, -0.05) is 0 Å². The normalized spacial score (nSPS) is 17.1. The van der Waals surface area contributed by atoms with Crippen LogP contribution in [0.2, 0.25) is 0 Å². The lowest BCUT2D eigenvalue weighted by molar-refractivity contribution is -0.118. The zero-order valence-electron chi connectivity index (χ0n) is 10.9. The molecule has 0 aliphatic carbocycles. The number of nitrogens with one attached hydrogen (secondary N) is 2. The number of hydrogen-bond donors (Lipinski definition) is 3. The van der Waals surface area contributed by atoms with Gasteiger partial charge >= 0.3 is 6.09 Å². The van der Waals surface area contributed by atoms with Gasteiger partial charge in [0.25, 0.3) is 5.91 Å². The number of hydrogen-bond acceptors (Lipinski definition) is 5. The van der Waals surface area contributed by atoms with Gasteiger partial charge in [-0.05, 0) is 0 Å². The van der Waals surface area contributed by atoms with E-state index in [-0.39, 0.29) is 6.61 Å². The van der Waals surface area contributed by atoms with Crippen molar-refractivity contribution in [3.63, 3.8) is 0 Å². The Hall–Kier alpha value is -2.64. The Bertz CT molecular complexity index is 545. The second-order valence-corrected chi connectivity index (χ2v) is 4.01. The molecule has 0 bridgehead atoms. The summed E-state index contributed by atoms with van der Waals surface area (Å²) >= 11 is 0. The van der Waals surface area contributed by atoms with Gasteiger partial charge in [0.1, 0.15) is 18.4 Å². The van der Waals surface area contributed by atoms with Crippen LogP contribution in [0, 0.1) is 0 Å². The summed E-state index contributed by atoms with van der Waals surface area (Å²) in [6, 6.07) is 2.13. The molecule has 2 amide bonds. The van der Waals surface area contributed by atoms with Crippen LogP contribution in [-0.4, -0.2) is 44.0 Å². The highest BCUT2D eigenvalue weighted by Crippen LogP contribution is 2.38. The summed E-state index contributed by atoms with van der Waals surface area (Å²) in [5.41, 5.74) is 0.391. The van der Waals surface area contributed by atoms with E-state index < -0.39 is 18.0 Å². The Labute approximate surface area is 114 Å². The molecule has 1 heterocycles. The highest BCUT2D eigenvalue weighted by atomic mass is 16.5. The molecule has 1 aromatic rings. The van der Waals surface area contributed by atoms with Gasteiger partial charge in [0.15, 0.2) is 11.5 Å². The Balaban J connectivity index is 2.30. The molecule has 8 nitrogen and oxygen atoms in total. The highest BCUT2D eigenvalue weighted by molar-refractivity contribution is 5.98. The molecule has 2 rings (SSSR count). The molecule has 8 heteroatoms. The largest absolute Gasteiger partial charge is 0.493 e. The third-order valence-electron chi connectivity index (χ3n) is 2.76. The van der Waals surface area contributed by atoms with Gasteiger partial charge in [0.05, 0.1) is 19.9 Å². The van der Waals surface area contributed by atoms with Gasteiger partial charge in [-0.15, -0.1) is 0 Å². The quantitative estimate of drug-likeness (QED) is 0.752. The molecule has 20 heavy (non-hydrogen) atoms. The predicted octanol–water partition coefficient (Wildman–Crippen LogP) is 0.671. The molecule has 1 aromatic carbocycles. The van der Waals surface area contributed by atoms with Crippen molar-refractivity contribution in [3.05, 3.63) is 12.1 Å². The molecule has 1 aliphatic rings. The van der Waals surface area contributed by atoms with Crippen LogP contribution in [-0.2, 0) is 4.79 Å². The summed E-state index contributed by atoms with van der Waals surface area (Å²) in [4.78, 5) is 22.5. The van der Waals surface area contributed by atoms with Crippen LogP contribution in [0.1, 0.15) is 0 Å². The molecular formula is C12H14N2O6. The van der Waals surface area contributed by atoms with E-state index >= 15 is 0 Å². The summed E-state index contributed by atoms with van der Waals surface area (Å²) in [5, 5.41) is 13.3. The summed E-state index contributed by atoms with van der Waals surface area (Å²) in [7, 11) is 2.95. The topological polar surface area (TPSA) is 106 Å². The Morgan fingerprint density at radius 1 is 1.40 bits per heavy atom. The first-order chi connectivity index (χ1) is 9.55. The van der Waals surface area contributed by atoms with Crippen molar-refractivity contribution in [3.8, 4) is 17.2 Å². The molecule has 0 aromatic heterocycles. The van der Waals surface area contributed by atoms with Crippen LogP contribution in [0.15, 0.2) is 12.1 Å². The fourth-order valence-corrected chi connectivity index (χ4v) is 1.80. The van der Waals surface area contributed by atoms with E-state index in [0.717, 1.165) is 0 Å². The standard InChI is InChI=1S/C12H14N2O6/c1-18-9-3-6-8(4-10(9)19-2)20-5-7(11(15)13-6)14-12(16)17/h3-4,7,14H,5H2,1-2H3,(H,13,15)(H,16,17). The molecule has 1 aliphatic heterocycles. The predicted molar refractivity (Wildman–Crippen MR) is 68.6 cm³/mol. The van der Waals surface area contributed by atoms with Gasteiger partial charge < -0.3 is 30.0 Å². The van der Waals surface area contributed by atoms with Crippen molar-refractivity contribution >= 4 is 17.7 Å². The summed E-state index contributed by atoms with van der Waals surface area (Å²) in [6.45, 7) is -0.110. The maximum atomic E-state index is 11.9. The van der Waals surface area contributed by atoms with E-state index in [1.807, 2.05) is 0 Å². The third-order valence-corrected chi connectivity index (χ3v) is 2.76. The number of carbonyl (C=O) groups is 2. The van der Waals surface area contributed by atoms with Gasteiger partial charge in [-0.3, -0.25) is 4.79 Å². The van der Waals surface area contributed by atoms with Gasteiger partial charge in [0.2, 0.25) is 0 Å². The molecule has 1 atom stereocenters. The molecule has 0 saturated heterocycles. The summed E-state index contributed by atoms with van der Waals surface area (Å²) in [5.74, 6) is 0.758. The van der Waals surface area contributed by atoms with Crippen molar-refractivity contribution in [1.82, 2.24) is 5.32 Å². The van der Waals surface area contributed by atoms with Gasteiger partial charge in [0, 0.05) is 12.1 Å². The van der Waals surface area contributed by atoms with Gasteiger partial charge in [-0.2, -0.15) is 0 Å². The van der Waals surface area contributed by atoms with Crippen LogP contribution < -0.4 is 24.8 Å². The minimum absolute atomic E-state index is 0.110. The average molecular weight is 282 g/mol. The van der Waals surface area contributed by atoms with Crippen LogP contribution in [0.25, 0.3) is 0 Å². The molecular weight excluding hydrogens is 268 g/mol. The van der Waals surface area contributed by atoms with E-state index in [1.165, 1.54) is 14.2 Å². The second kappa shape index (κ2) is 5.55. The highest BCUT2D eigenvalue weighted by Gasteiger charge is 2.27. The third kappa shape index (κ3) is 2.68. The number of carbonyl (C=O) groups excluding carboxylic acids is 1. The van der Waals surface area contributed by atoms with Crippen LogP contribution in [0.3, 0.4) is 0 Å². The van der Waals surface area contributed by atoms with Crippen molar-refractivity contribution < 1.29 is 28.9 Å². The number of methoxy groups -OCH3 is 2. The first-order valence-corrected chi connectivity index (χ1v) is 5.74. The number of benzene rings is 1. The van der Waals surface area contributed by atoms with Crippen LogP contribution in [0.4, 0.5) is 10.5 Å². The minimum Gasteiger partial charge on any atom is -0.493 e. The van der Waals surface area contributed by atoms with E-state index in [4.69, 9.17) is 19.3 Å².